The molecule has 1 aliphatic heterocycles. The highest BCUT2D eigenvalue weighted by atomic mass is 16.5. The van der Waals surface area contributed by atoms with Crippen molar-refractivity contribution in [3.8, 4) is 0 Å². The number of nitrogens with zero attached hydrogens (tertiary/aromatic N) is 2. The molecule has 0 spiro atoms. The fraction of sp³-hybridized carbons (Fsp3) is 0.789. The second-order valence-corrected chi connectivity index (χ2v) is 7.80. The largest absolute Gasteiger partial charge is 0.377 e. The molecule has 24 heavy (non-hydrogen) atoms. The number of nitrogens with one attached hydrogen (secondary N) is 1. The summed E-state index contributed by atoms with van der Waals surface area (Å²) < 4.78 is 7.88. The minimum Gasteiger partial charge on any atom is -0.377 e. The molecule has 2 saturated carbocycles. The van der Waals surface area contributed by atoms with Crippen LogP contribution in [0.4, 0.5) is 0 Å². The van der Waals surface area contributed by atoms with Crippen molar-refractivity contribution in [1.82, 2.24) is 15.1 Å². The second kappa shape index (κ2) is 6.51. The standard InChI is InChI=1S/C19H29N3O2/c1-3-9-22-11-15(12(2)21-22)19(23)20-17-14-8-10-24-18(14)16(17)13-6-4-5-7-13/h11,13-14,16-18H,3-10H2,1-2H3,(H,20,23)/t14-,16+,17+,18-/m0/s1. The van der Waals surface area contributed by atoms with Gasteiger partial charge in [0.25, 0.3) is 5.91 Å². The molecule has 0 aromatic carbocycles. The normalized spacial score (nSPS) is 32.6. The van der Waals surface area contributed by atoms with Crippen LogP contribution in [0.3, 0.4) is 0 Å². The highest BCUT2D eigenvalue weighted by Gasteiger charge is 2.57. The predicted molar refractivity (Wildman–Crippen MR) is 91.8 cm³/mol. The summed E-state index contributed by atoms with van der Waals surface area (Å²) in [5.74, 6) is 1.83. The molecule has 3 aliphatic rings. The van der Waals surface area contributed by atoms with Gasteiger partial charge in [0.2, 0.25) is 0 Å². The molecule has 5 heteroatoms. The fourth-order valence-corrected chi connectivity index (χ4v) is 5.17. The topological polar surface area (TPSA) is 56.2 Å². The van der Waals surface area contributed by atoms with Crippen molar-refractivity contribution in [2.45, 2.75) is 71.1 Å². The number of aromatic nitrogens is 2. The predicted octanol–water partition coefficient (Wildman–Crippen LogP) is 2.93. The van der Waals surface area contributed by atoms with Gasteiger partial charge in [-0.05, 0) is 25.7 Å². The van der Waals surface area contributed by atoms with Crippen LogP contribution in [-0.4, -0.2) is 34.4 Å². The summed E-state index contributed by atoms with van der Waals surface area (Å²) in [5.41, 5.74) is 1.56. The van der Waals surface area contributed by atoms with E-state index in [4.69, 9.17) is 4.74 Å². The summed E-state index contributed by atoms with van der Waals surface area (Å²) in [5, 5.41) is 7.82. The third-order valence-electron chi connectivity index (χ3n) is 6.32. The van der Waals surface area contributed by atoms with Crippen molar-refractivity contribution in [2.24, 2.45) is 17.8 Å². The van der Waals surface area contributed by atoms with Gasteiger partial charge in [-0.3, -0.25) is 9.48 Å². The van der Waals surface area contributed by atoms with Gasteiger partial charge in [0.15, 0.2) is 0 Å². The van der Waals surface area contributed by atoms with Crippen molar-refractivity contribution in [1.29, 1.82) is 0 Å². The Bertz CT molecular complexity index is 601. The van der Waals surface area contributed by atoms with Gasteiger partial charge in [-0.15, -0.1) is 0 Å². The maximum absolute atomic E-state index is 12.8. The summed E-state index contributed by atoms with van der Waals surface area (Å²) in [4.78, 5) is 12.8. The minimum atomic E-state index is 0.0493. The molecule has 2 heterocycles. The number of carbonyl (C=O) groups excluding carboxylic acids is 1. The zero-order chi connectivity index (χ0) is 16.7. The maximum atomic E-state index is 12.8. The zero-order valence-corrected chi connectivity index (χ0v) is 14.8. The Morgan fingerprint density at radius 3 is 2.92 bits per heavy atom. The smallest absolute Gasteiger partial charge is 0.254 e. The average Bonchev–Trinajstić information content (AvgIpc) is 3.27. The lowest BCUT2D eigenvalue weighted by Gasteiger charge is -2.50. The molecule has 4 atom stereocenters. The number of rotatable bonds is 5. The Morgan fingerprint density at radius 2 is 2.17 bits per heavy atom. The van der Waals surface area contributed by atoms with Crippen LogP contribution in [-0.2, 0) is 11.3 Å². The molecular formula is C19H29N3O2. The van der Waals surface area contributed by atoms with E-state index < -0.39 is 0 Å². The van der Waals surface area contributed by atoms with Gasteiger partial charge in [0, 0.05) is 37.2 Å². The lowest BCUT2D eigenvalue weighted by molar-refractivity contribution is -0.0784. The number of hydrogen-bond donors (Lipinski definition) is 1. The SMILES string of the molecule is CCCn1cc(C(=O)N[C@@H]2[C@@H]3CCO[C@@H]3[C@@H]2C2CCCC2)c(C)n1. The third-order valence-corrected chi connectivity index (χ3v) is 6.32. The molecule has 1 N–H and O–H groups in total. The van der Waals surface area contributed by atoms with E-state index in [-0.39, 0.29) is 5.91 Å². The monoisotopic (exact) mass is 331 g/mol. The molecule has 1 aromatic rings. The number of fused-ring (bicyclic) bond motifs is 1. The molecule has 3 fully saturated rings. The van der Waals surface area contributed by atoms with Gasteiger partial charge in [-0.1, -0.05) is 32.6 Å². The molecule has 0 bridgehead atoms. The number of aryl methyl sites for hydroxylation is 2. The summed E-state index contributed by atoms with van der Waals surface area (Å²) in [7, 11) is 0. The van der Waals surface area contributed by atoms with E-state index in [0.29, 0.717) is 24.0 Å². The molecular weight excluding hydrogens is 302 g/mol. The third kappa shape index (κ3) is 2.67. The van der Waals surface area contributed by atoms with Crippen LogP contribution in [0.2, 0.25) is 0 Å². The molecule has 1 amide bonds. The number of hydrogen-bond acceptors (Lipinski definition) is 3. The Labute approximate surface area is 144 Å². The number of carbonyl (C=O) groups is 1. The van der Waals surface area contributed by atoms with Gasteiger partial charge in [-0.2, -0.15) is 5.10 Å². The first kappa shape index (κ1) is 16.1. The number of ether oxygens (including phenoxy) is 1. The van der Waals surface area contributed by atoms with Crippen LogP contribution in [0.15, 0.2) is 6.20 Å². The minimum absolute atomic E-state index is 0.0493. The first-order chi connectivity index (χ1) is 11.7. The highest BCUT2D eigenvalue weighted by Crippen LogP contribution is 2.51. The van der Waals surface area contributed by atoms with E-state index in [0.717, 1.165) is 43.2 Å². The van der Waals surface area contributed by atoms with Crippen molar-refractivity contribution in [3.05, 3.63) is 17.5 Å². The molecule has 132 valence electrons. The van der Waals surface area contributed by atoms with Gasteiger partial charge < -0.3 is 10.1 Å². The van der Waals surface area contributed by atoms with Crippen LogP contribution >= 0.6 is 0 Å². The maximum Gasteiger partial charge on any atom is 0.254 e. The molecule has 1 aromatic heterocycles. The molecule has 0 unspecified atom stereocenters. The second-order valence-electron chi connectivity index (χ2n) is 7.80. The summed E-state index contributed by atoms with van der Waals surface area (Å²) in [6, 6.07) is 0.294. The average molecular weight is 331 g/mol. The van der Waals surface area contributed by atoms with Gasteiger partial charge >= 0.3 is 0 Å². The quantitative estimate of drug-likeness (QED) is 0.902. The van der Waals surface area contributed by atoms with E-state index in [2.05, 4.69) is 17.3 Å². The summed E-state index contributed by atoms with van der Waals surface area (Å²) in [6.45, 7) is 5.77. The van der Waals surface area contributed by atoms with E-state index in [1.807, 2.05) is 17.8 Å². The Balaban J connectivity index is 1.47. The fourth-order valence-electron chi connectivity index (χ4n) is 5.17. The summed E-state index contributed by atoms with van der Waals surface area (Å²) in [6.07, 6.45) is 9.68. The number of amides is 1. The Hall–Kier alpha value is -1.36. The van der Waals surface area contributed by atoms with Crippen molar-refractivity contribution in [2.75, 3.05) is 6.61 Å². The van der Waals surface area contributed by atoms with Crippen molar-refractivity contribution >= 4 is 5.91 Å². The molecule has 5 nitrogen and oxygen atoms in total. The van der Waals surface area contributed by atoms with Crippen LogP contribution in [0.5, 0.6) is 0 Å². The molecule has 2 aliphatic carbocycles. The lowest BCUT2D eigenvalue weighted by Crippen LogP contribution is -2.63. The lowest BCUT2D eigenvalue weighted by atomic mass is 9.61. The van der Waals surface area contributed by atoms with Crippen molar-refractivity contribution in [3.63, 3.8) is 0 Å². The van der Waals surface area contributed by atoms with E-state index in [1.165, 1.54) is 25.7 Å². The molecule has 0 radical (unpaired) electrons. The Kier molecular flexibility index (Phi) is 4.37. The van der Waals surface area contributed by atoms with Crippen LogP contribution in [0, 0.1) is 24.7 Å². The van der Waals surface area contributed by atoms with Crippen LogP contribution in [0.25, 0.3) is 0 Å². The first-order valence-electron chi connectivity index (χ1n) is 9.65. The van der Waals surface area contributed by atoms with Crippen LogP contribution < -0.4 is 5.32 Å². The van der Waals surface area contributed by atoms with E-state index in [9.17, 15) is 4.79 Å². The zero-order valence-electron chi connectivity index (χ0n) is 14.8. The van der Waals surface area contributed by atoms with E-state index >= 15 is 0 Å². The molecule has 1 saturated heterocycles. The van der Waals surface area contributed by atoms with Gasteiger partial charge in [0.05, 0.1) is 17.4 Å². The molecule has 4 rings (SSSR count). The van der Waals surface area contributed by atoms with E-state index in [1.54, 1.807) is 0 Å². The Morgan fingerprint density at radius 1 is 1.38 bits per heavy atom. The van der Waals surface area contributed by atoms with Gasteiger partial charge in [-0.25, -0.2) is 0 Å². The van der Waals surface area contributed by atoms with Crippen molar-refractivity contribution < 1.29 is 9.53 Å². The summed E-state index contributed by atoms with van der Waals surface area (Å²) >= 11 is 0. The highest BCUT2D eigenvalue weighted by molar-refractivity contribution is 5.95. The van der Waals surface area contributed by atoms with Crippen LogP contribution in [0.1, 0.15) is 61.5 Å². The first-order valence-corrected chi connectivity index (χ1v) is 9.65. The van der Waals surface area contributed by atoms with Gasteiger partial charge in [0.1, 0.15) is 0 Å².